The Labute approximate surface area is 175 Å². The number of nitrogens with one attached hydrogen (secondary N) is 3. The van der Waals surface area contributed by atoms with Gasteiger partial charge in [0.25, 0.3) is 11.8 Å². The second kappa shape index (κ2) is 6.70. The topological polar surface area (TPSA) is 96.1 Å². The van der Waals surface area contributed by atoms with Gasteiger partial charge in [0, 0.05) is 22.5 Å². The molecule has 1 aromatic heterocycles. The molecule has 3 aliphatic carbocycles. The molecule has 3 N–H and O–H groups in total. The molecule has 30 heavy (non-hydrogen) atoms. The van der Waals surface area contributed by atoms with Crippen molar-refractivity contribution in [2.45, 2.75) is 30.3 Å². The van der Waals surface area contributed by atoms with Crippen molar-refractivity contribution in [3.63, 3.8) is 0 Å². The first kappa shape index (κ1) is 18.9. The average Bonchev–Trinajstić information content (AvgIpc) is 3.10. The van der Waals surface area contributed by atoms with Crippen molar-refractivity contribution in [1.82, 2.24) is 20.8 Å². The molecule has 0 atom stereocenters. The van der Waals surface area contributed by atoms with E-state index in [1.165, 1.54) is 12.1 Å². The van der Waals surface area contributed by atoms with E-state index in [1.807, 2.05) is 24.3 Å². The molecule has 0 radical (unpaired) electrons. The van der Waals surface area contributed by atoms with Crippen LogP contribution in [0.1, 0.15) is 29.8 Å². The van der Waals surface area contributed by atoms with Crippen LogP contribution in [0, 0.1) is 5.82 Å². The largest absolute Gasteiger partial charge is 0.484 e. The predicted molar refractivity (Wildman–Crippen MR) is 108 cm³/mol. The molecule has 3 aliphatic rings. The number of hydrogen-bond donors (Lipinski definition) is 3. The molecule has 1 heterocycles. The van der Waals surface area contributed by atoms with E-state index in [9.17, 15) is 14.0 Å². The molecule has 2 bridgehead atoms. The van der Waals surface area contributed by atoms with Gasteiger partial charge in [-0.1, -0.05) is 29.8 Å². The van der Waals surface area contributed by atoms with E-state index in [1.54, 1.807) is 0 Å². The van der Waals surface area contributed by atoms with Crippen LogP contribution in [0.4, 0.5) is 4.39 Å². The number of H-pyrrole nitrogens is 1. The van der Waals surface area contributed by atoms with Crippen LogP contribution in [0.3, 0.4) is 0 Å². The highest BCUT2D eigenvalue weighted by molar-refractivity contribution is 6.30. The molecule has 0 unspecified atom stereocenters. The first-order valence-corrected chi connectivity index (χ1v) is 9.89. The second-order valence-electron chi connectivity index (χ2n) is 8.08. The van der Waals surface area contributed by atoms with Crippen molar-refractivity contribution < 1.29 is 18.7 Å². The van der Waals surface area contributed by atoms with Crippen LogP contribution in [0.5, 0.6) is 5.75 Å². The second-order valence-corrected chi connectivity index (χ2v) is 8.48. The van der Waals surface area contributed by atoms with Gasteiger partial charge in [0.1, 0.15) is 11.6 Å². The number of fused-ring (bicyclic) bond motifs is 1. The highest BCUT2D eigenvalue weighted by Gasteiger charge is 2.69. The van der Waals surface area contributed by atoms with Gasteiger partial charge in [0.15, 0.2) is 12.3 Å². The monoisotopic (exact) mass is 428 g/mol. The Hall–Kier alpha value is -3.13. The predicted octanol–water partition coefficient (Wildman–Crippen LogP) is 2.96. The van der Waals surface area contributed by atoms with E-state index in [0.717, 1.165) is 17.0 Å². The lowest BCUT2D eigenvalue weighted by atomic mass is 9.44. The minimum atomic E-state index is -0.601. The minimum absolute atomic E-state index is 0.00384. The molecule has 6 rings (SSSR count). The third kappa shape index (κ3) is 3.17. The fraction of sp³-hybridized carbons (Fsp3) is 0.286. The summed E-state index contributed by atoms with van der Waals surface area (Å²) in [4.78, 5) is 24.9. The van der Waals surface area contributed by atoms with Gasteiger partial charge in [-0.25, -0.2) is 4.39 Å². The van der Waals surface area contributed by atoms with Crippen LogP contribution >= 0.6 is 11.6 Å². The lowest BCUT2D eigenvalue weighted by molar-refractivity contribution is -0.141. The van der Waals surface area contributed by atoms with Crippen molar-refractivity contribution >= 4 is 34.3 Å². The Morgan fingerprint density at radius 3 is 2.63 bits per heavy atom. The number of amides is 2. The molecular formula is C21H18ClFN4O3. The number of para-hydroxylation sites is 1. The van der Waals surface area contributed by atoms with Crippen molar-refractivity contribution in [2.24, 2.45) is 0 Å². The van der Waals surface area contributed by atoms with Crippen molar-refractivity contribution in [1.29, 1.82) is 0 Å². The number of hydrogen-bond acceptors (Lipinski definition) is 4. The first-order valence-electron chi connectivity index (χ1n) is 9.52. The lowest BCUT2D eigenvalue weighted by Gasteiger charge is -2.70. The maximum absolute atomic E-state index is 13.4. The van der Waals surface area contributed by atoms with Crippen LogP contribution in [-0.2, 0) is 4.79 Å². The molecule has 0 aliphatic heterocycles. The molecule has 0 saturated heterocycles. The number of carbonyl (C=O) groups excluding carboxylic acids is 2. The maximum Gasteiger partial charge on any atom is 0.272 e. The highest BCUT2D eigenvalue weighted by Crippen LogP contribution is 2.60. The number of rotatable bonds is 6. The standard InChI is InChI=1S/C21H18ClFN4O3/c22-14-6-5-12(7-15(14)23)30-8-17(28)24-20-9-21(10-20,11-20)25-19(29)18-13-3-1-2-4-16(13)26-27-18/h1-7H,8-11H2,(H,24,28)(H,25,29)(H,26,27). The number of ether oxygens (including phenoxy) is 1. The number of benzene rings is 2. The molecular weight excluding hydrogens is 411 g/mol. The van der Waals surface area contributed by atoms with E-state index in [2.05, 4.69) is 20.8 Å². The molecule has 3 fully saturated rings. The van der Waals surface area contributed by atoms with Gasteiger partial charge in [-0.05, 0) is 37.5 Å². The number of halogens is 2. The van der Waals surface area contributed by atoms with Crippen LogP contribution < -0.4 is 15.4 Å². The van der Waals surface area contributed by atoms with Gasteiger partial charge in [-0.3, -0.25) is 14.7 Å². The summed E-state index contributed by atoms with van der Waals surface area (Å²) in [5, 5.41) is 13.8. The number of aromatic amines is 1. The zero-order chi connectivity index (χ0) is 20.9. The molecule has 9 heteroatoms. The average molecular weight is 429 g/mol. The van der Waals surface area contributed by atoms with Gasteiger partial charge in [0.2, 0.25) is 0 Å². The molecule has 7 nitrogen and oxygen atoms in total. The molecule has 154 valence electrons. The normalized spacial score (nSPS) is 23.9. The fourth-order valence-electron chi connectivity index (χ4n) is 4.54. The van der Waals surface area contributed by atoms with Gasteiger partial charge in [-0.2, -0.15) is 5.10 Å². The Balaban J connectivity index is 1.13. The van der Waals surface area contributed by atoms with Crippen molar-refractivity contribution in [2.75, 3.05) is 6.61 Å². The highest BCUT2D eigenvalue weighted by atomic mass is 35.5. The van der Waals surface area contributed by atoms with Gasteiger partial charge >= 0.3 is 0 Å². The summed E-state index contributed by atoms with van der Waals surface area (Å²) in [6.45, 7) is -0.221. The summed E-state index contributed by atoms with van der Waals surface area (Å²) in [6, 6.07) is 11.5. The number of nitrogens with zero attached hydrogens (tertiary/aromatic N) is 1. The fourth-order valence-corrected chi connectivity index (χ4v) is 4.65. The van der Waals surface area contributed by atoms with E-state index < -0.39 is 5.82 Å². The van der Waals surface area contributed by atoms with E-state index >= 15 is 0 Å². The summed E-state index contributed by atoms with van der Waals surface area (Å²) < 4.78 is 18.7. The van der Waals surface area contributed by atoms with Gasteiger partial charge in [-0.15, -0.1) is 0 Å². The van der Waals surface area contributed by atoms with Crippen LogP contribution in [0.2, 0.25) is 5.02 Å². The summed E-state index contributed by atoms with van der Waals surface area (Å²) in [5.41, 5.74) is 0.568. The Bertz CT molecular complexity index is 1160. The smallest absolute Gasteiger partial charge is 0.272 e. The summed E-state index contributed by atoms with van der Waals surface area (Å²) in [7, 11) is 0. The maximum atomic E-state index is 13.4. The SMILES string of the molecule is O=C(COc1ccc(Cl)c(F)c1)NC12CC(NC(=O)c3n[nH]c4ccccc34)(C1)C2. The Morgan fingerprint density at radius 1 is 1.13 bits per heavy atom. The Kier molecular flexibility index (Phi) is 4.21. The van der Waals surface area contributed by atoms with Crippen LogP contribution in [0.25, 0.3) is 10.9 Å². The third-order valence-corrected chi connectivity index (χ3v) is 6.07. The summed E-state index contributed by atoms with van der Waals surface area (Å²) in [6.07, 6.45) is 1.99. The molecule has 2 aromatic carbocycles. The van der Waals surface area contributed by atoms with Crippen LogP contribution in [-0.4, -0.2) is 39.7 Å². The van der Waals surface area contributed by atoms with E-state index in [4.69, 9.17) is 16.3 Å². The zero-order valence-corrected chi connectivity index (χ0v) is 16.6. The molecule has 3 saturated carbocycles. The molecule has 2 amide bonds. The van der Waals surface area contributed by atoms with Crippen molar-refractivity contribution in [3.05, 3.63) is 59.0 Å². The van der Waals surface area contributed by atoms with E-state index in [0.29, 0.717) is 25.0 Å². The zero-order valence-electron chi connectivity index (χ0n) is 15.8. The third-order valence-electron chi connectivity index (χ3n) is 5.76. The summed E-state index contributed by atoms with van der Waals surface area (Å²) in [5.74, 6) is -0.876. The Morgan fingerprint density at radius 2 is 1.87 bits per heavy atom. The van der Waals surface area contributed by atoms with Gasteiger partial charge < -0.3 is 15.4 Å². The van der Waals surface area contributed by atoms with Gasteiger partial charge in [0.05, 0.1) is 10.5 Å². The van der Waals surface area contributed by atoms with Crippen molar-refractivity contribution in [3.8, 4) is 5.75 Å². The first-order chi connectivity index (χ1) is 14.4. The molecule has 3 aromatic rings. The lowest BCUT2D eigenvalue weighted by Crippen LogP contribution is -2.84. The number of carbonyl (C=O) groups is 2. The minimum Gasteiger partial charge on any atom is -0.484 e. The summed E-state index contributed by atoms with van der Waals surface area (Å²) >= 11 is 5.63. The number of aromatic nitrogens is 2. The van der Waals surface area contributed by atoms with Crippen LogP contribution in [0.15, 0.2) is 42.5 Å². The quantitative estimate of drug-likeness (QED) is 0.562. The van der Waals surface area contributed by atoms with E-state index in [-0.39, 0.29) is 40.3 Å². The molecule has 0 spiro atoms.